The third-order valence-electron chi connectivity index (χ3n) is 21.2. The van der Waals surface area contributed by atoms with Crippen molar-refractivity contribution in [3.05, 3.63) is 129 Å². The number of fused-ring (bicyclic) bond motifs is 8. The first-order valence-corrected chi connectivity index (χ1v) is 57.6. The number of aromatic nitrogens is 4. The molecule has 111 heavy (non-hydrogen) atoms. The summed E-state index contributed by atoms with van der Waals surface area (Å²) in [6.07, 6.45) is 9.60. The topological polar surface area (TPSA) is 162 Å². The SMILES string of the molecule is CCOC(=O)CCCOc1ccc(-c2c3nc(c(C#C/C(CO[Si](C)(C)C(C)(C)C)=C(/C#C[Si](C)(C)C)CO[Si](C)(C)C(C)(C)C)c4ccc([n-]4)c(-c4ccc(OCCCC(=O)OCC)cc4)c4nc(c(C#C/C(CO[Si](C)(C)C(C)(C)C)=C(/C#C[Si](C)(C)C)CO[Si](C)(C)C(C)(C)C)c5ccc2[n-]5)C=C4)C=C3)cc1.[Zn+2]. The van der Waals surface area contributed by atoms with Gasteiger partial charge in [-0.05, 0) is 170 Å². The zero-order valence-corrected chi connectivity index (χ0v) is 81.3. The maximum atomic E-state index is 12.3. The Labute approximate surface area is 685 Å². The van der Waals surface area contributed by atoms with Gasteiger partial charge in [0.1, 0.15) is 27.6 Å². The summed E-state index contributed by atoms with van der Waals surface area (Å²) in [6.45, 7) is 64.7. The minimum Gasteiger partial charge on any atom is -0.656 e. The summed E-state index contributed by atoms with van der Waals surface area (Å²) in [6, 6.07) is 23.9. The summed E-state index contributed by atoms with van der Waals surface area (Å²) in [7, 11) is -13.3. The second-order valence-corrected chi connectivity index (χ2v) is 65.3. The molecule has 0 saturated heterocycles. The van der Waals surface area contributed by atoms with Crippen LogP contribution in [0.1, 0.15) is 157 Å². The molecule has 0 fully saturated rings. The molecular formula is C90H124N4O10Si6Zn. The second kappa shape index (κ2) is 38.5. The molecule has 3 aromatic heterocycles. The fourth-order valence-corrected chi connectivity index (χ4v) is 14.9. The van der Waals surface area contributed by atoms with E-state index in [1.54, 1.807) is 13.8 Å². The van der Waals surface area contributed by atoms with Gasteiger partial charge in [-0.2, -0.15) is 0 Å². The van der Waals surface area contributed by atoms with Gasteiger partial charge in [0.15, 0.2) is 33.3 Å². The molecule has 7 rings (SSSR count). The fraction of sp³-hybridized carbons (Fsp3) is 0.489. The normalized spacial score (nSPS) is 13.4. The van der Waals surface area contributed by atoms with Crippen LogP contribution in [0.4, 0.5) is 0 Å². The molecule has 14 nitrogen and oxygen atoms in total. The summed E-state index contributed by atoms with van der Waals surface area (Å²) in [5.41, 5.74) is 19.8. The predicted octanol–water partition coefficient (Wildman–Crippen LogP) is 21.8. The number of esters is 2. The molecule has 2 aliphatic rings. The Morgan fingerprint density at radius 1 is 0.387 bits per heavy atom. The van der Waals surface area contributed by atoms with E-state index in [2.05, 4.69) is 221 Å². The van der Waals surface area contributed by atoms with E-state index in [9.17, 15) is 9.59 Å². The van der Waals surface area contributed by atoms with Crippen molar-refractivity contribution in [3.8, 4) is 80.4 Å². The largest absolute Gasteiger partial charge is 2.00 e. The molecule has 590 valence electrons. The zero-order chi connectivity index (χ0) is 81.6. The van der Waals surface area contributed by atoms with Gasteiger partial charge in [0.25, 0.3) is 0 Å². The molecule has 2 aromatic carbocycles. The van der Waals surface area contributed by atoms with Crippen LogP contribution in [-0.4, -0.2) is 124 Å². The van der Waals surface area contributed by atoms with Crippen LogP contribution in [0.15, 0.2) is 95.1 Å². The Bertz CT molecular complexity index is 4420. The van der Waals surface area contributed by atoms with Crippen molar-refractivity contribution in [2.24, 2.45) is 0 Å². The first-order chi connectivity index (χ1) is 51.0. The smallest absolute Gasteiger partial charge is 0.656 e. The third kappa shape index (κ3) is 26.6. The molecule has 5 heterocycles. The molecule has 0 atom stereocenters. The van der Waals surface area contributed by atoms with Gasteiger partial charge in [-0.3, -0.25) is 9.59 Å². The maximum absolute atomic E-state index is 12.3. The number of hydrogen-bond donors (Lipinski definition) is 0. The fourth-order valence-electron chi connectivity index (χ4n) is 10.1. The van der Waals surface area contributed by atoms with Crippen molar-refractivity contribution in [2.75, 3.05) is 52.9 Å². The number of nitrogens with zero attached hydrogens (tertiary/aromatic N) is 4. The molecular weight excluding hydrogens is 1530 g/mol. The van der Waals surface area contributed by atoms with Crippen LogP contribution in [0.25, 0.3) is 68.6 Å². The summed E-state index contributed by atoms with van der Waals surface area (Å²) < 4.78 is 51.3. The predicted molar refractivity (Wildman–Crippen MR) is 473 cm³/mol. The molecule has 0 radical (unpaired) electrons. The van der Waals surface area contributed by atoms with Crippen LogP contribution >= 0.6 is 0 Å². The summed E-state index contributed by atoms with van der Waals surface area (Å²) in [5, 5.41) is -0.304. The van der Waals surface area contributed by atoms with Crippen LogP contribution in [0.5, 0.6) is 11.5 Å². The van der Waals surface area contributed by atoms with E-state index >= 15 is 0 Å². The molecule has 2 aliphatic heterocycles. The molecule has 0 saturated carbocycles. The summed E-state index contributed by atoms with van der Waals surface area (Å²) >= 11 is 0. The van der Waals surface area contributed by atoms with E-state index in [0.29, 0.717) is 107 Å². The Morgan fingerprint density at radius 3 is 0.946 bits per heavy atom. The van der Waals surface area contributed by atoms with Crippen LogP contribution in [-0.2, 0) is 56.2 Å². The van der Waals surface area contributed by atoms with Crippen molar-refractivity contribution in [3.63, 3.8) is 0 Å². The van der Waals surface area contributed by atoms with Gasteiger partial charge in [-0.1, -0.05) is 206 Å². The quantitative estimate of drug-likeness (QED) is 0.0218. The monoisotopic (exact) mass is 1650 g/mol. The van der Waals surface area contributed by atoms with Crippen LogP contribution in [0.2, 0.25) is 112 Å². The average Bonchev–Trinajstić information content (AvgIpc) is 1.63. The standard InChI is InChI=1S/C90H124N4O10Si6.Zn/c1-29-97-83(95)33-31-57-99-71-41-35-65(36-42-71)85-79-51-47-75(91-79)73(45-39-67(61-101-107(21,22)87(3,4)5)69(55-59-105(15,16)17)63-103-109(25,26)89(9,10)11)77-49-53-81(93-77)86(66-37-43-72(44-38-66)100-58-32-34-84(96)98-30-2)82-54-50-78(94-82)74(76-48-52-80(85)92-76)46-40-68(62-102-108(23,24)88(6,7)8)70(56-60-106(18,19)20)64-104-110(27,28)90(12,13)14;/h35-38,41-44,47-54H,29-34,57-58,61-64H2,1-28H3;/q-2;+2/b69-67+,70-68+,75-73?,76-74?,77-73?,78-74?,85-79?,85-80?,86-81?,86-82?;. The number of rotatable bonds is 26. The third-order valence-corrected chi connectivity index (χ3v) is 40.9. The van der Waals surface area contributed by atoms with Crippen LogP contribution < -0.4 is 19.4 Å². The van der Waals surface area contributed by atoms with Crippen molar-refractivity contribution in [1.29, 1.82) is 0 Å². The molecule has 0 spiro atoms. The van der Waals surface area contributed by atoms with Crippen molar-refractivity contribution < 1.29 is 65.7 Å². The number of carbonyl (C=O) groups is 2. The van der Waals surface area contributed by atoms with Crippen LogP contribution in [0.3, 0.4) is 0 Å². The van der Waals surface area contributed by atoms with Gasteiger partial charge in [0, 0.05) is 46.3 Å². The Balaban J connectivity index is 0.0000192. The van der Waals surface area contributed by atoms with E-state index < -0.39 is 49.4 Å². The first-order valence-electron chi connectivity index (χ1n) is 39.0. The van der Waals surface area contributed by atoms with Crippen LogP contribution in [0, 0.1) is 46.6 Å². The minimum absolute atomic E-state index is 0. The Morgan fingerprint density at radius 2 is 0.667 bits per heavy atom. The van der Waals surface area contributed by atoms with E-state index in [4.69, 9.17) is 56.6 Å². The van der Waals surface area contributed by atoms with Gasteiger partial charge >= 0.3 is 31.4 Å². The molecule has 5 aromatic rings. The first kappa shape index (κ1) is 92.9. The number of hydrogen-bond acceptors (Lipinski definition) is 12. The molecule has 0 unspecified atom stereocenters. The van der Waals surface area contributed by atoms with Crippen molar-refractivity contribution in [1.82, 2.24) is 19.9 Å². The van der Waals surface area contributed by atoms with Crippen molar-refractivity contribution >= 4 is 108 Å². The van der Waals surface area contributed by atoms with E-state index in [0.717, 1.165) is 44.5 Å². The van der Waals surface area contributed by atoms with Crippen molar-refractivity contribution in [2.45, 2.75) is 234 Å². The average molecular weight is 1660 g/mol. The Hall–Kier alpha value is -6.94. The van der Waals surface area contributed by atoms with Gasteiger partial charge in [0.05, 0.1) is 75.6 Å². The number of ether oxygens (including phenoxy) is 4. The summed E-state index contributed by atoms with van der Waals surface area (Å²) in [5.74, 6) is 23.1. The number of carbonyl (C=O) groups excluding carboxylic acids is 2. The van der Waals surface area contributed by atoms with E-state index in [1.165, 1.54) is 0 Å². The summed E-state index contributed by atoms with van der Waals surface area (Å²) in [4.78, 5) is 47.0. The molecule has 0 N–H and O–H groups in total. The second-order valence-electron chi connectivity index (χ2n) is 36.5. The van der Waals surface area contributed by atoms with Gasteiger partial charge in [0.2, 0.25) is 0 Å². The van der Waals surface area contributed by atoms with Gasteiger partial charge < -0.3 is 46.6 Å². The van der Waals surface area contributed by atoms with Gasteiger partial charge in [-0.15, -0.1) is 33.2 Å². The van der Waals surface area contributed by atoms with E-state index in [1.807, 2.05) is 97.1 Å². The maximum Gasteiger partial charge on any atom is 2.00 e. The Kier molecular flexibility index (Phi) is 32.2. The molecule has 21 heteroatoms. The molecule has 0 aliphatic carbocycles. The molecule has 0 amide bonds. The molecule has 8 bridgehead atoms. The van der Waals surface area contributed by atoms with E-state index in [-0.39, 0.29) is 90.8 Å². The zero-order valence-electron chi connectivity index (χ0n) is 72.3. The number of benzene rings is 2. The minimum atomic E-state index is -2.37. The van der Waals surface area contributed by atoms with Gasteiger partial charge in [-0.25, -0.2) is 9.97 Å².